The average Bonchev–Trinajstić information content (AvgIpc) is 3.25. The largest absolute Gasteiger partial charge is 0.344 e. The highest BCUT2D eigenvalue weighted by molar-refractivity contribution is 7.99. The van der Waals surface area contributed by atoms with Crippen LogP contribution in [-0.4, -0.2) is 28.6 Å². The quantitative estimate of drug-likeness (QED) is 0.714. The van der Waals surface area contributed by atoms with Gasteiger partial charge < -0.3 is 5.32 Å². The lowest BCUT2D eigenvalue weighted by Crippen LogP contribution is -2.49. The van der Waals surface area contributed by atoms with Gasteiger partial charge in [-0.3, -0.25) is 15.0 Å². The Morgan fingerprint density at radius 1 is 1.23 bits per heavy atom. The topological polar surface area (TPSA) is 78.5 Å². The molecule has 0 radical (unpaired) electrons. The minimum Gasteiger partial charge on any atom is -0.318 e. The summed E-state index contributed by atoms with van der Waals surface area (Å²) in [5, 5.41) is 5.51. The number of nitrogens with zero attached hydrogens (tertiary/aromatic N) is 1. The molecule has 1 aromatic carbocycles. The van der Waals surface area contributed by atoms with E-state index in [-0.39, 0.29) is 11.7 Å². The van der Waals surface area contributed by atoms with E-state index in [9.17, 15) is 14.4 Å². The maximum absolute atomic E-state index is 12.9. The number of hydrogen-bond acceptors (Lipinski definition) is 5. The maximum atomic E-state index is 12.9. The highest BCUT2D eigenvalue weighted by Gasteiger charge is 2.52. The average molecular weight is 390 g/mol. The van der Waals surface area contributed by atoms with Crippen molar-refractivity contribution in [1.29, 1.82) is 0 Å². The molecule has 3 rings (SSSR count). The van der Waals surface area contributed by atoms with Crippen LogP contribution in [0.25, 0.3) is 0 Å². The third kappa shape index (κ3) is 3.61. The molecule has 1 fully saturated rings. The fraction of sp³-hybridized carbons (Fsp3) is 0.278. The Morgan fingerprint density at radius 2 is 2.00 bits per heavy atom. The van der Waals surface area contributed by atoms with Crippen LogP contribution in [0.5, 0.6) is 0 Å². The van der Waals surface area contributed by atoms with Gasteiger partial charge in [0.05, 0.1) is 5.75 Å². The smallest absolute Gasteiger partial charge is 0.318 e. The molecule has 8 heteroatoms. The van der Waals surface area contributed by atoms with Gasteiger partial charge in [0.1, 0.15) is 5.54 Å². The monoisotopic (exact) mass is 389 g/mol. The number of carbonyl (C=O) groups is 3. The minimum absolute atomic E-state index is 0.166. The van der Waals surface area contributed by atoms with E-state index < -0.39 is 17.5 Å². The molecule has 2 heterocycles. The van der Waals surface area contributed by atoms with Crippen molar-refractivity contribution in [1.82, 2.24) is 15.8 Å². The number of thioether (sulfide) groups is 1. The summed E-state index contributed by atoms with van der Waals surface area (Å²) in [5.41, 5.74) is 1.99. The van der Waals surface area contributed by atoms with Crippen molar-refractivity contribution in [3.8, 4) is 0 Å². The Bertz CT molecular complexity index is 795. The molecule has 2 N–H and O–H groups in total. The summed E-state index contributed by atoms with van der Waals surface area (Å²) in [4.78, 5) is 38.5. The molecule has 1 aromatic heterocycles. The molecule has 0 bridgehead atoms. The molecule has 1 aliphatic heterocycles. The van der Waals surface area contributed by atoms with Crippen LogP contribution in [0, 0.1) is 0 Å². The first-order valence-electron chi connectivity index (χ1n) is 8.18. The third-order valence-corrected chi connectivity index (χ3v) is 6.22. The summed E-state index contributed by atoms with van der Waals surface area (Å²) in [6.45, 7) is 1.83. The third-order valence-electron chi connectivity index (χ3n) is 4.18. The highest BCUT2D eigenvalue weighted by Crippen LogP contribution is 2.31. The Balaban J connectivity index is 1.64. The molecule has 136 valence electrons. The molecule has 6 nitrogen and oxygen atoms in total. The number of carbonyl (C=O) groups excluding carboxylic acids is 3. The molecule has 4 amide bonds. The van der Waals surface area contributed by atoms with Crippen molar-refractivity contribution in [2.75, 3.05) is 5.75 Å². The van der Waals surface area contributed by atoms with Crippen LogP contribution < -0.4 is 10.7 Å². The van der Waals surface area contributed by atoms with Gasteiger partial charge in [-0.05, 0) is 23.4 Å². The van der Waals surface area contributed by atoms with Crippen LogP contribution in [0.2, 0.25) is 0 Å². The van der Waals surface area contributed by atoms with Crippen molar-refractivity contribution in [3.63, 3.8) is 0 Å². The Hall–Kier alpha value is -2.32. The van der Waals surface area contributed by atoms with Gasteiger partial charge in [-0.15, -0.1) is 23.1 Å². The summed E-state index contributed by atoms with van der Waals surface area (Å²) in [6.07, 6.45) is 0.390. The molecule has 1 aliphatic rings. The number of amides is 4. The molecule has 1 atom stereocenters. The summed E-state index contributed by atoms with van der Waals surface area (Å²) in [5.74, 6) is 0.0379. The van der Waals surface area contributed by atoms with Crippen molar-refractivity contribution < 1.29 is 14.4 Å². The van der Waals surface area contributed by atoms with E-state index in [1.54, 1.807) is 23.5 Å². The number of imide groups is 1. The van der Waals surface area contributed by atoms with Gasteiger partial charge in [-0.1, -0.05) is 43.3 Å². The fourth-order valence-electron chi connectivity index (χ4n) is 2.83. The van der Waals surface area contributed by atoms with E-state index in [0.29, 0.717) is 17.7 Å². The second-order valence-electron chi connectivity index (χ2n) is 5.80. The second-order valence-corrected chi connectivity index (χ2v) is 7.82. The number of rotatable bonds is 7. The van der Waals surface area contributed by atoms with Crippen LogP contribution in [0.4, 0.5) is 4.79 Å². The van der Waals surface area contributed by atoms with Crippen LogP contribution >= 0.6 is 23.1 Å². The van der Waals surface area contributed by atoms with Crippen LogP contribution in [0.15, 0.2) is 47.8 Å². The SMILES string of the molecule is CC[C@]1(c2ccccc2)NC(=O)N(NC(=O)CSCc2cccs2)C1=O. The first-order valence-corrected chi connectivity index (χ1v) is 10.2. The minimum atomic E-state index is -1.14. The van der Waals surface area contributed by atoms with Gasteiger partial charge in [0.2, 0.25) is 5.91 Å². The zero-order valence-electron chi connectivity index (χ0n) is 14.2. The number of nitrogens with one attached hydrogen (secondary N) is 2. The van der Waals surface area contributed by atoms with Crippen LogP contribution in [-0.2, 0) is 20.9 Å². The predicted molar refractivity (Wildman–Crippen MR) is 102 cm³/mol. The fourth-order valence-corrected chi connectivity index (χ4v) is 4.50. The van der Waals surface area contributed by atoms with Crippen molar-refractivity contribution >= 4 is 40.9 Å². The number of benzene rings is 1. The van der Waals surface area contributed by atoms with E-state index in [1.807, 2.05) is 42.6 Å². The first-order chi connectivity index (χ1) is 12.6. The van der Waals surface area contributed by atoms with E-state index >= 15 is 0 Å². The van der Waals surface area contributed by atoms with Gasteiger partial charge in [0.25, 0.3) is 5.91 Å². The maximum Gasteiger partial charge on any atom is 0.344 e. The number of hydrogen-bond donors (Lipinski definition) is 2. The summed E-state index contributed by atoms with van der Waals surface area (Å²) in [6, 6.07) is 12.4. The van der Waals surface area contributed by atoms with E-state index in [4.69, 9.17) is 0 Å². The molecular formula is C18H19N3O3S2. The van der Waals surface area contributed by atoms with Crippen molar-refractivity contribution in [2.45, 2.75) is 24.6 Å². The summed E-state index contributed by atoms with van der Waals surface area (Å²) in [7, 11) is 0. The Labute approximate surface area is 159 Å². The molecule has 2 aromatic rings. The zero-order valence-corrected chi connectivity index (χ0v) is 15.9. The molecular weight excluding hydrogens is 370 g/mol. The summed E-state index contributed by atoms with van der Waals surface area (Å²) < 4.78 is 0. The lowest BCUT2D eigenvalue weighted by atomic mass is 9.87. The molecule has 0 unspecified atom stereocenters. The standard InChI is InChI=1S/C18H19N3O3S2/c1-2-18(13-7-4-3-5-8-13)16(23)21(17(24)19-18)20-15(22)12-25-11-14-9-6-10-26-14/h3-10H,2,11-12H2,1H3,(H,19,24)(H,20,22)/t18-/m1/s1. The van der Waals surface area contributed by atoms with Gasteiger partial charge in [-0.25, -0.2) is 4.79 Å². The van der Waals surface area contributed by atoms with E-state index in [0.717, 1.165) is 5.01 Å². The predicted octanol–water partition coefficient (Wildman–Crippen LogP) is 2.87. The van der Waals surface area contributed by atoms with Crippen LogP contribution in [0.1, 0.15) is 23.8 Å². The zero-order chi connectivity index (χ0) is 18.6. The van der Waals surface area contributed by atoms with E-state index in [1.165, 1.54) is 16.6 Å². The molecule has 26 heavy (non-hydrogen) atoms. The van der Waals surface area contributed by atoms with Crippen molar-refractivity contribution in [3.05, 3.63) is 58.3 Å². The molecule has 0 spiro atoms. The lowest BCUT2D eigenvalue weighted by Gasteiger charge is -2.25. The normalized spacial score (nSPS) is 19.5. The van der Waals surface area contributed by atoms with Gasteiger partial charge in [-0.2, -0.15) is 5.01 Å². The van der Waals surface area contributed by atoms with Gasteiger partial charge in [0.15, 0.2) is 0 Å². The number of urea groups is 1. The Morgan fingerprint density at radius 3 is 2.65 bits per heavy atom. The van der Waals surface area contributed by atoms with Gasteiger partial charge in [0, 0.05) is 10.6 Å². The first kappa shape index (κ1) is 18.5. The Kier molecular flexibility index (Phi) is 5.63. The van der Waals surface area contributed by atoms with E-state index in [2.05, 4.69) is 10.7 Å². The second kappa shape index (κ2) is 7.92. The van der Waals surface area contributed by atoms with Crippen LogP contribution in [0.3, 0.4) is 0 Å². The lowest BCUT2D eigenvalue weighted by molar-refractivity contribution is -0.138. The molecule has 0 saturated carbocycles. The van der Waals surface area contributed by atoms with Crippen molar-refractivity contribution in [2.24, 2.45) is 0 Å². The number of thiophene rings is 1. The summed E-state index contributed by atoms with van der Waals surface area (Å²) >= 11 is 3.06. The highest BCUT2D eigenvalue weighted by atomic mass is 32.2. The number of hydrazine groups is 1. The molecule has 1 saturated heterocycles. The molecule has 0 aliphatic carbocycles. The van der Waals surface area contributed by atoms with Gasteiger partial charge >= 0.3 is 6.03 Å².